The second kappa shape index (κ2) is 11.1. The molecular weight excluding hydrogens is 442 g/mol. The van der Waals surface area contributed by atoms with Crippen molar-refractivity contribution in [2.45, 2.75) is 80.8 Å². The number of hydrogen-bond acceptors (Lipinski definition) is 3. The predicted octanol–water partition coefficient (Wildman–Crippen LogP) is 3.95. The molecule has 2 aromatic carbocycles. The summed E-state index contributed by atoms with van der Waals surface area (Å²) in [5, 5.41) is 0. The molecule has 4 rings (SSSR count). The van der Waals surface area contributed by atoms with Gasteiger partial charge in [0.05, 0.1) is 15.7 Å². The van der Waals surface area contributed by atoms with E-state index in [1.54, 1.807) is 0 Å². The Hall–Kier alpha value is -2.15. The minimum atomic E-state index is -2.57. The van der Waals surface area contributed by atoms with Crippen LogP contribution in [0.3, 0.4) is 0 Å². The molecule has 0 radical (unpaired) electrons. The van der Waals surface area contributed by atoms with Crippen LogP contribution in [0.2, 0.25) is 0 Å². The highest BCUT2D eigenvalue weighted by Gasteiger charge is 2.34. The van der Waals surface area contributed by atoms with Crippen molar-refractivity contribution >= 4 is 21.5 Å². The second-order valence-corrected chi connectivity index (χ2v) is 12.2. The van der Waals surface area contributed by atoms with Gasteiger partial charge in [-0.1, -0.05) is 42.5 Å². The predicted molar refractivity (Wildman–Crippen MR) is 141 cm³/mol. The molecule has 0 aromatic heterocycles. The third-order valence-corrected chi connectivity index (χ3v) is 9.49. The summed E-state index contributed by atoms with van der Waals surface area (Å²) in [5.41, 5.74) is 8.92. The number of nitrogens with two attached hydrogens (primary N) is 1. The number of carbonyl (C=O) groups is 1. The maximum atomic E-state index is 13.4. The van der Waals surface area contributed by atoms with Crippen LogP contribution >= 0.6 is 0 Å². The summed E-state index contributed by atoms with van der Waals surface area (Å²) in [6.45, 7) is 0. The van der Waals surface area contributed by atoms with Crippen LogP contribution in [0.1, 0.15) is 56.1 Å². The molecule has 0 saturated heterocycles. The van der Waals surface area contributed by atoms with Crippen molar-refractivity contribution in [1.29, 1.82) is 0 Å². The summed E-state index contributed by atoms with van der Waals surface area (Å²) in [6, 6.07) is 18.5. The van der Waals surface area contributed by atoms with Gasteiger partial charge in [-0.05, 0) is 92.8 Å². The number of nitrogens with zero attached hydrogens (tertiary/aromatic N) is 1. The Morgan fingerprint density at radius 2 is 1.59 bits per heavy atom. The molecule has 2 aromatic rings. The molecule has 2 fully saturated rings. The van der Waals surface area contributed by atoms with E-state index in [-0.39, 0.29) is 17.9 Å². The number of likely N-dealkylation sites (N-methyl/N-ethyl adjacent to an activating group) is 1. The lowest BCUT2D eigenvalue weighted by Gasteiger charge is -2.39. The van der Waals surface area contributed by atoms with Crippen molar-refractivity contribution in [2.75, 3.05) is 7.05 Å². The van der Waals surface area contributed by atoms with Gasteiger partial charge in [-0.3, -0.25) is 4.79 Å². The standard InChI is InChI=1S/C28H39N3O2S/c1-31(25-9-6-10-25)28(32)27(29)23-15-17-24(18-16-23)30-34(2,33)26-19-13-22(14-20-26)12-11-21-7-4-3-5-8-21/h3-5,7-8,13-14,19-20,23-25,27H,2,6,9-12,15-18,29H2,1H3,(H,30,33)/t23?,24?,27-,34?/m0/s1. The van der Waals surface area contributed by atoms with Crippen molar-refractivity contribution in [3.63, 3.8) is 0 Å². The summed E-state index contributed by atoms with van der Waals surface area (Å²) in [4.78, 5) is 15.4. The Morgan fingerprint density at radius 1 is 1.00 bits per heavy atom. The summed E-state index contributed by atoms with van der Waals surface area (Å²) >= 11 is 0. The highest BCUT2D eigenvalue weighted by atomic mass is 32.2. The lowest BCUT2D eigenvalue weighted by molar-refractivity contribution is -0.136. The second-order valence-electron chi connectivity index (χ2n) is 10.1. The zero-order valence-electron chi connectivity index (χ0n) is 20.3. The van der Waals surface area contributed by atoms with Crippen LogP contribution in [0.5, 0.6) is 0 Å². The van der Waals surface area contributed by atoms with Gasteiger partial charge in [0.25, 0.3) is 0 Å². The van der Waals surface area contributed by atoms with E-state index in [0.717, 1.165) is 56.3 Å². The number of carbonyl (C=O) groups excluding carboxylic acids is 1. The maximum Gasteiger partial charge on any atom is 0.239 e. The zero-order chi connectivity index (χ0) is 24.1. The summed E-state index contributed by atoms with van der Waals surface area (Å²) < 4.78 is 16.7. The van der Waals surface area contributed by atoms with Crippen LogP contribution in [-0.4, -0.2) is 46.1 Å². The van der Waals surface area contributed by atoms with Crippen LogP contribution in [0.25, 0.3) is 0 Å². The molecule has 5 nitrogen and oxygen atoms in total. The molecule has 2 saturated carbocycles. The summed E-state index contributed by atoms with van der Waals surface area (Å²) in [6.07, 6.45) is 8.80. The molecule has 0 spiro atoms. The molecule has 2 atom stereocenters. The van der Waals surface area contributed by atoms with Gasteiger partial charge < -0.3 is 10.6 Å². The molecular formula is C28H39N3O2S. The number of nitrogens with one attached hydrogen (secondary N) is 1. The molecule has 0 heterocycles. The van der Waals surface area contributed by atoms with Crippen LogP contribution in [0.4, 0.5) is 0 Å². The zero-order valence-corrected chi connectivity index (χ0v) is 21.1. The number of hydrogen-bond donors (Lipinski definition) is 2. The van der Waals surface area contributed by atoms with Gasteiger partial charge in [0.2, 0.25) is 5.91 Å². The SMILES string of the molecule is C=S(=O)(NC1CCC([C@H](N)C(=O)N(C)C2CCC2)CC1)c1ccc(CCc2ccccc2)cc1. The topological polar surface area (TPSA) is 75.4 Å². The molecule has 3 N–H and O–H groups in total. The first kappa shape index (κ1) is 25.0. The van der Waals surface area contributed by atoms with Gasteiger partial charge in [-0.2, -0.15) is 0 Å². The minimum Gasteiger partial charge on any atom is -0.341 e. The van der Waals surface area contributed by atoms with Crippen molar-refractivity contribution < 1.29 is 9.00 Å². The van der Waals surface area contributed by atoms with Gasteiger partial charge in [0.15, 0.2) is 0 Å². The van der Waals surface area contributed by atoms with Crippen molar-refractivity contribution in [2.24, 2.45) is 11.7 Å². The number of benzene rings is 2. The molecule has 1 amide bonds. The Kier molecular flexibility index (Phi) is 8.12. The van der Waals surface area contributed by atoms with E-state index < -0.39 is 15.7 Å². The van der Waals surface area contributed by atoms with E-state index in [4.69, 9.17) is 5.73 Å². The first-order valence-corrected chi connectivity index (χ1v) is 14.4. The van der Waals surface area contributed by atoms with E-state index in [1.165, 1.54) is 17.5 Å². The van der Waals surface area contributed by atoms with E-state index in [0.29, 0.717) is 6.04 Å². The van der Waals surface area contributed by atoms with Crippen LogP contribution < -0.4 is 10.5 Å². The fraction of sp³-hybridized carbons (Fsp3) is 0.500. The Labute approximate surface area is 205 Å². The molecule has 2 aliphatic rings. The lowest BCUT2D eigenvalue weighted by atomic mass is 9.81. The van der Waals surface area contributed by atoms with Gasteiger partial charge in [-0.15, -0.1) is 0 Å². The number of aryl methyl sites for hydroxylation is 2. The fourth-order valence-corrected chi connectivity index (χ4v) is 6.62. The van der Waals surface area contributed by atoms with Crippen molar-refractivity contribution in [3.8, 4) is 0 Å². The molecule has 1 unspecified atom stereocenters. The van der Waals surface area contributed by atoms with Gasteiger partial charge in [0, 0.05) is 24.0 Å². The Balaban J connectivity index is 1.26. The van der Waals surface area contributed by atoms with Crippen molar-refractivity contribution in [1.82, 2.24) is 9.62 Å². The van der Waals surface area contributed by atoms with E-state index in [2.05, 4.69) is 47.0 Å². The first-order valence-electron chi connectivity index (χ1n) is 12.6. The number of amides is 1. The van der Waals surface area contributed by atoms with E-state index in [9.17, 15) is 9.00 Å². The average molecular weight is 482 g/mol. The molecule has 2 aliphatic carbocycles. The van der Waals surface area contributed by atoms with E-state index in [1.807, 2.05) is 30.1 Å². The van der Waals surface area contributed by atoms with Gasteiger partial charge in [0.1, 0.15) is 0 Å². The molecule has 6 heteroatoms. The van der Waals surface area contributed by atoms with Crippen LogP contribution in [-0.2, 0) is 27.3 Å². The quantitative estimate of drug-likeness (QED) is 0.533. The normalized spacial score (nSPS) is 23.5. The highest BCUT2D eigenvalue weighted by Crippen LogP contribution is 2.30. The third-order valence-electron chi connectivity index (χ3n) is 7.74. The lowest BCUT2D eigenvalue weighted by Crippen LogP contribution is -2.52. The summed E-state index contributed by atoms with van der Waals surface area (Å²) in [5.74, 6) is 4.30. The molecule has 34 heavy (non-hydrogen) atoms. The van der Waals surface area contributed by atoms with Gasteiger partial charge in [-0.25, -0.2) is 8.93 Å². The monoisotopic (exact) mass is 481 g/mol. The third kappa shape index (κ3) is 6.09. The van der Waals surface area contributed by atoms with Crippen molar-refractivity contribution in [3.05, 3.63) is 65.7 Å². The van der Waals surface area contributed by atoms with Crippen LogP contribution in [0, 0.1) is 5.92 Å². The summed E-state index contributed by atoms with van der Waals surface area (Å²) in [7, 11) is -0.682. The Bertz CT molecular complexity index is 1040. The fourth-order valence-electron chi connectivity index (χ4n) is 5.13. The van der Waals surface area contributed by atoms with E-state index >= 15 is 0 Å². The minimum absolute atomic E-state index is 0.0782. The largest absolute Gasteiger partial charge is 0.341 e. The maximum absolute atomic E-state index is 13.4. The van der Waals surface area contributed by atoms with Crippen LogP contribution in [0.15, 0.2) is 59.5 Å². The molecule has 0 bridgehead atoms. The van der Waals surface area contributed by atoms with Gasteiger partial charge >= 0.3 is 0 Å². The molecule has 184 valence electrons. The highest BCUT2D eigenvalue weighted by molar-refractivity contribution is 7.98. The molecule has 0 aliphatic heterocycles. The number of rotatable bonds is 9. The Morgan fingerprint density at radius 3 is 2.15 bits per heavy atom. The average Bonchev–Trinajstić information content (AvgIpc) is 2.82. The smallest absolute Gasteiger partial charge is 0.239 e. The first-order chi connectivity index (χ1) is 16.3.